The van der Waals surface area contributed by atoms with Crippen LogP contribution >= 0.6 is 0 Å². The number of halogens is 3. The monoisotopic (exact) mass is 391 g/mol. The quantitative estimate of drug-likeness (QED) is 0.575. The van der Waals surface area contributed by atoms with E-state index in [1.807, 2.05) is 0 Å². The van der Waals surface area contributed by atoms with Gasteiger partial charge < -0.3 is 9.57 Å². The van der Waals surface area contributed by atoms with Crippen LogP contribution in [0.1, 0.15) is 36.6 Å². The number of fused-ring (bicyclic) bond motifs is 1. The van der Waals surface area contributed by atoms with Crippen molar-refractivity contribution >= 4 is 17.8 Å². The highest BCUT2D eigenvalue weighted by Gasteiger charge is 2.39. The highest BCUT2D eigenvalue weighted by atomic mass is 19.4. The highest BCUT2D eigenvalue weighted by Crippen LogP contribution is 2.33. The fourth-order valence-electron chi connectivity index (χ4n) is 2.52. The van der Waals surface area contributed by atoms with Gasteiger partial charge in [0.05, 0.1) is 16.7 Å². The molecule has 9 heteroatoms. The minimum atomic E-state index is -4.72. The molecule has 0 aliphatic carbocycles. The molecule has 0 saturated heterocycles. The summed E-state index contributed by atoms with van der Waals surface area (Å²) < 4.78 is 44.2. The van der Waals surface area contributed by atoms with Gasteiger partial charge >= 0.3 is 12.1 Å². The number of carbonyl (C=O) groups excluding carboxylic acids is 3. The molecule has 0 fully saturated rings. The van der Waals surface area contributed by atoms with Gasteiger partial charge in [0.25, 0.3) is 11.8 Å². The third-order valence-electron chi connectivity index (χ3n) is 3.81. The van der Waals surface area contributed by atoms with Gasteiger partial charge in [-0.15, -0.1) is 0 Å². The van der Waals surface area contributed by atoms with E-state index < -0.39 is 35.1 Å². The van der Waals surface area contributed by atoms with Crippen LogP contribution in [0.5, 0.6) is 5.75 Å². The Kier molecular flexibility index (Phi) is 4.91. The van der Waals surface area contributed by atoms with Gasteiger partial charge in [-0.05, 0) is 30.3 Å². The molecule has 0 unspecified atom stereocenters. The van der Waals surface area contributed by atoms with Gasteiger partial charge in [-0.3, -0.25) is 9.59 Å². The Labute approximate surface area is 156 Å². The van der Waals surface area contributed by atoms with Gasteiger partial charge in [-0.1, -0.05) is 29.9 Å². The van der Waals surface area contributed by atoms with Gasteiger partial charge in [0.2, 0.25) is 0 Å². The second-order valence-corrected chi connectivity index (χ2v) is 5.64. The molecular weight excluding hydrogens is 379 g/mol. The summed E-state index contributed by atoms with van der Waals surface area (Å²) in [7, 11) is 0. The van der Waals surface area contributed by atoms with Crippen molar-refractivity contribution in [3.8, 4) is 5.75 Å². The molecule has 0 radical (unpaired) electrons. The molecule has 6 nitrogen and oxygen atoms in total. The normalized spacial score (nSPS) is 13.3. The second-order valence-electron chi connectivity index (χ2n) is 5.64. The lowest BCUT2D eigenvalue weighted by Gasteiger charge is -2.16. The van der Waals surface area contributed by atoms with Crippen LogP contribution in [0.2, 0.25) is 0 Å². The van der Waals surface area contributed by atoms with Crippen molar-refractivity contribution in [3.63, 3.8) is 0 Å². The summed E-state index contributed by atoms with van der Waals surface area (Å²) >= 11 is 0. The number of amides is 2. The number of benzene rings is 2. The molecule has 2 aromatic carbocycles. The van der Waals surface area contributed by atoms with E-state index in [0.717, 1.165) is 12.1 Å². The van der Waals surface area contributed by atoms with Crippen molar-refractivity contribution in [3.05, 3.63) is 77.4 Å². The zero-order chi connectivity index (χ0) is 20.5. The minimum absolute atomic E-state index is 0.0208. The number of rotatable bonds is 5. The first-order chi connectivity index (χ1) is 13.2. The largest absolute Gasteiger partial charge is 0.489 e. The maximum atomic E-state index is 13.0. The van der Waals surface area contributed by atoms with Gasteiger partial charge in [0, 0.05) is 0 Å². The smallest absolute Gasteiger partial charge is 0.416 e. The van der Waals surface area contributed by atoms with Crippen molar-refractivity contribution in [1.29, 1.82) is 0 Å². The van der Waals surface area contributed by atoms with Crippen molar-refractivity contribution < 1.29 is 37.1 Å². The average molecular weight is 391 g/mol. The van der Waals surface area contributed by atoms with Crippen LogP contribution in [0.25, 0.3) is 0 Å². The minimum Gasteiger partial charge on any atom is -0.489 e. The Hall–Kier alpha value is -3.62. The third kappa shape index (κ3) is 3.46. The van der Waals surface area contributed by atoms with Gasteiger partial charge in [-0.2, -0.15) is 13.2 Å². The predicted molar refractivity (Wildman–Crippen MR) is 89.5 cm³/mol. The Bertz CT molecular complexity index is 949. The first-order valence-electron chi connectivity index (χ1n) is 7.89. The highest BCUT2D eigenvalue weighted by molar-refractivity contribution is 6.21. The Morgan fingerprint density at radius 1 is 1.07 bits per heavy atom. The molecular formula is C19H12F3NO5. The summed E-state index contributed by atoms with van der Waals surface area (Å²) in [5.41, 5.74) is -1.67. The Balaban J connectivity index is 1.92. The second kappa shape index (κ2) is 7.18. The molecule has 3 rings (SSSR count). The molecule has 144 valence electrons. The average Bonchev–Trinajstić information content (AvgIpc) is 2.90. The number of alkyl halides is 3. The molecule has 0 saturated carbocycles. The molecule has 1 aliphatic rings. The van der Waals surface area contributed by atoms with Crippen molar-refractivity contribution in [2.24, 2.45) is 0 Å². The molecule has 0 aromatic heterocycles. The standard InChI is InChI=1S/C19H12F3NO5/c1-2-9-27-15-8-7-11(19(20,21)22)10-14(15)18(26)28-23-16(24)12-5-3-4-6-13(12)17(23)25/h2-8,10H,1,9H2. The molecule has 2 amide bonds. The Morgan fingerprint density at radius 2 is 1.68 bits per heavy atom. The number of imide groups is 1. The van der Waals surface area contributed by atoms with Crippen molar-refractivity contribution in [1.82, 2.24) is 5.06 Å². The van der Waals surface area contributed by atoms with Crippen LogP contribution in [0.3, 0.4) is 0 Å². The Morgan fingerprint density at radius 3 is 2.21 bits per heavy atom. The zero-order valence-corrected chi connectivity index (χ0v) is 14.2. The van der Waals surface area contributed by atoms with Gasteiger partial charge in [0.15, 0.2) is 0 Å². The van der Waals surface area contributed by atoms with E-state index in [1.165, 1.54) is 30.3 Å². The summed E-state index contributed by atoms with van der Waals surface area (Å²) in [6.07, 6.45) is -3.39. The van der Waals surface area contributed by atoms with E-state index in [4.69, 9.17) is 9.57 Å². The molecule has 0 spiro atoms. The lowest BCUT2D eigenvalue weighted by Crippen LogP contribution is -2.33. The van der Waals surface area contributed by atoms with Crippen LogP contribution in [-0.2, 0) is 11.0 Å². The van der Waals surface area contributed by atoms with Crippen LogP contribution in [0.15, 0.2) is 55.1 Å². The molecule has 28 heavy (non-hydrogen) atoms. The third-order valence-corrected chi connectivity index (χ3v) is 3.81. The lowest BCUT2D eigenvalue weighted by atomic mass is 10.1. The fraction of sp³-hybridized carbons (Fsp3) is 0.105. The number of hydrogen-bond donors (Lipinski definition) is 0. The summed E-state index contributed by atoms with van der Waals surface area (Å²) in [4.78, 5) is 41.8. The van der Waals surface area contributed by atoms with Crippen LogP contribution in [-0.4, -0.2) is 29.5 Å². The van der Waals surface area contributed by atoms with E-state index in [9.17, 15) is 27.6 Å². The molecule has 0 N–H and O–H groups in total. The molecule has 1 aliphatic heterocycles. The van der Waals surface area contributed by atoms with E-state index in [2.05, 4.69) is 6.58 Å². The van der Waals surface area contributed by atoms with E-state index in [1.54, 1.807) is 0 Å². The molecule has 1 heterocycles. The molecule has 0 bridgehead atoms. The molecule has 2 aromatic rings. The van der Waals surface area contributed by atoms with E-state index >= 15 is 0 Å². The molecule has 0 atom stereocenters. The first-order valence-corrected chi connectivity index (χ1v) is 7.89. The zero-order valence-electron chi connectivity index (χ0n) is 14.2. The van der Waals surface area contributed by atoms with Crippen LogP contribution in [0.4, 0.5) is 13.2 Å². The lowest BCUT2D eigenvalue weighted by molar-refractivity contribution is -0.137. The van der Waals surface area contributed by atoms with Crippen LogP contribution in [0, 0.1) is 0 Å². The fourth-order valence-corrected chi connectivity index (χ4v) is 2.52. The van der Waals surface area contributed by atoms with Crippen LogP contribution < -0.4 is 4.74 Å². The topological polar surface area (TPSA) is 72.9 Å². The summed E-state index contributed by atoms with van der Waals surface area (Å²) in [5.74, 6) is -3.35. The van der Waals surface area contributed by atoms with E-state index in [0.29, 0.717) is 6.07 Å². The van der Waals surface area contributed by atoms with Gasteiger partial charge in [-0.25, -0.2) is 4.79 Å². The summed E-state index contributed by atoms with van der Waals surface area (Å²) in [6.45, 7) is 3.33. The predicted octanol–water partition coefficient (Wildman–Crippen LogP) is 3.64. The SMILES string of the molecule is C=CCOc1ccc(C(F)(F)F)cc1C(=O)ON1C(=O)c2ccccc2C1=O. The first kappa shape index (κ1) is 19.2. The maximum absolute atomic E-state index is 13.0. The number of hydroxylamine groups is 2. The van der Waals surface area contributed by atoms with Gasteiger partial charge in [0.1, 0.15) is 17.9 Å². The summed E-state index contributed by atoms with van der Waals surface area (Å²) in [6, 6.07) is 7.98. The summed E-state index contributed by atoms with van der Waals surface area (Å²) in [5, 5.41) is 0.213. The number of ether oxygens (including phenoxy) is 1. The number of hydrogen-bond acceptors (Lipinski definition) is 5. The maximum Gasteiger partial charge on any atom is 0.416 e. The van der Waals surface area contributed by atoms with Crippen molar-refractivity contribution in [2.75, 3.05) is 6.61 Å². The van der Waals surface area contributed by atoms with Crippen molar-refractivity contribution in [2.45, 2.75) is 6.18 Å². The number of nitrogens with zero attached hydrogens (tertiary/aromatic N) is 1. The van der Waals surface area contributed by atoms with E-state index in [-0.39, 0.29) is 28.5 Å². The number of carbonyl (C=O) groups is 3.